The summed E-state index contributed by atoms with van der Waals surface area (Å²) in [6, 6.07) is 4.52. The highest BCUT2D eigenvalue weighted by molar-refractivity contribution is 7.85. The molecule has 1 rings (SSSR count). The van der Waals surface area contributed by atoms with Gasteiger partial charge in [0, 0.05) is 11.8 Å². The van der Waals surface area contributed by atoms with E-state index in [0.717, 1.165) is 0 Å². The van der Waals surface area contributed by atoms with Crippen molar-refractivity contribution in [3.8, 4) is 5.75 Å². The van der Waals surface area contributed by atoms with E-state index in [2.05, 4.69) is 4.40 Å². The molecule has 1 aromatic rings. The highest BCUT2D eigenvalue weighted by Gasteiger charge is 2.18. The van der Waals surface area contributed by atoms with Gasteiger partial charge < -0.3 is 4.74 Å². The number of halogens is 1. The monoisotopic (exact) mass is 257 g/mol. The van der Waals surface area contributed by atoms with Crippen LogP contribution in [0.5, 0.6) is 5.75 Å². The third kappa shape index (κ3) is 3.63. The van der Waals surface area contributed by atoms with Gasteiger partial charge in [0.1, 0.15) is 11.0 Å². The van der Waals surface area contributed by atoms with Crippen LogP contribution in [-0.2, 0) is 11.0 Å². The number of benzene rings is 1. The van der Waals surface area contributed by atoms with Crippen molar-refractivity contribution in [2.24, 2.45) is 4.40 Å². The summed E-state index contributed by atoms with van der Waals surface area (Å²) in [5.74, 6) is -0.347. The van der Waals surface area contributed by atoms with Crippen LogP contribution in [0.25, 0.3) is 0 Å². The maximum atomic E-state index is 13.3. The summed E-state index contributed by atoms with van der Waals surface area (Å²) >= 11 is 0. The molecule has 0 aliphatic rings. The first-order chi connectivity index (χ1) is 7.86. The minimum atomic E-state index is -1.36. The second-order valence-corrected chi connectivity index (χ2v) is 6.39. The lowest BCUT2D eigenvalue weighted by Crippen LogP contribution is -2.19. The zero-order valence-electron chi connectivity index (χ0n) is 10.4. The van der Waals surface area contributed by atoms with E-state index in [1.165, 1.54) is 19.4 Å². The average Bonchev–Trinajstić information content (AvgIpc) is 2.24. The average molecular weight is 257 g/mol. The Bertz CT molecular complexity index is 452. The van der Waals surface area contributed by atoms with Crippen LogP contribution < -0.4 is 4.74 Å². The molecule has 0 heterocycles. The maximum Gasteiger partial charge on any atom is 0.165 e. The van der Waals surface area contributed by atoms with Gasteiger partial charge in [0.2, 0.25) is 0 Å². The van der Waals surface area contributed by atoms with Gasteiger partial charge in [-0.15, -0.1) is 0 Å². The highest BCUT2D eigenvalue weighted by atomic mass is 32.2. The third-order valence-corrected chi connectivity index (χ3v) is 3.36. The van der Waals surface area contributed by atoms with Crippen molar-refractivity contribution in [2.45, 2.75) is 25.5 Å². The van der Waals surface area contributed by atoms with Crippen molar-refractivity contribution in [1.29, 1.82) is 0 Å². The van der Waals surface area contributed by atoms with Crippen molar-refractivity contribution in [3.05, 3.63) is 29.6 Å². The normalized spacial score (nSPS) is 13.9. The molecule has 0 saturated heterocycles. The van der Waals surface area contributed by atoms with E-state index < -0.39 is 21.5 Å². The lowest BCUT2D eigenvalue weighted by atomic mass is 10.2. The zero-order valence-corrected chi connectivity index (χ0v) is 11.2. The van der Waals surface area contributed by atoms with Gasteiger partial charge in [-0.2, -0.15) is 4.40 Å². The molecule has 0 saturated carbocycles. The summed E-state index contributed by atoms with van der Waals surface area (Å²) in [5, 5.41) is 0. The van der Waals surface area contributed by atoms with Gasteiger partial charge in [0.15, 0.2) is 11.6 Å². The molecular weight excluding hydrogens is 241 g/mol. The number of rotatable bonds is 3. The standard InChI is InChI=1S/C12H16FNO2S/c1-12(2,3)17(15)14-8-9-6-5-7-10(13)11(9)16-4/h5-8H,1-4H3/t17-/m1/s1. The van der Waals surface area contributed by atoms with E-state index in [-0.39, 0.29) is 5.75 Å². The van der Waals surface area contributed by atoms with E-state index in [9.17, 15) is 8.60 Å². The molecule has 1 atom stereocenters. The minimum absolute atomic E-state index is 0.113. The van der Waals surface area contributed by atoms with Crippen LogP contribution in [0.15, 0.2) is 22.6 Å². The SMILES string of the molecule is COc1c(F)cccc1C=N[S@](=O)C(C)(C)C. The Balaban J connectivity index is 3.00. The fraction of sp³-hybridized carbons (Fsp3) is 0.417. The number of methoxy groups -OCH3 is 1. The van der Waals surface area contributed by atoms with Crippen LogP contribution in [0, 0.1) is 5.82 Å². The predicted octanol–water partition coefficient (Wildman–Crippen LogP) is 2.72. The molecule has 0 N–H and O–H groups in total. The van der Waals surface area contributed by atoms with Gasteiger partial charge >= 0.3 is 0 Å². The van der Waals surface area contributed by atoms with Gasteiger partial charge in [0.25, 0.3) is 0 Å². The second-order valence-electron chi connectivity index (χ2n) is 4.46. The van der Waals surface area contributed by atoms with Crippen LogP contribution in [-0.4, -0.2) is 22.3 Å². The van der Waals surface area contributed by atoms with E-state index >= 15 is 0 Å². The molecule has 0 amide bonds. The molecule has 17 heavy (non-hydrogen) atoms. The van der Waals surface area contributed by atoms with Gasteiger partial charge in [0.05, 0.1) is 11.9 Å². The molecule has 5 heteroatoms. The third-order valence-electron chi connectivity index (χ3n) is 2.01. The summed E-state index contributed by atoms with van der Waals surface area (Å²) in [4.78, 5) is 0. The molecule has 1 aromatic carbocycles. The number of para-hydroxylation sites is 1. The molecule has 3 nitrogen and oxygen atoms in total. The largest absolute Gasteiger partial charge is 0.493 e. The van der Waals surface area contributed by atoms with Crippen molar-refractivity contribution < 1.29 is 13.3 Å². The fourth-order valence-corrected chi connectivity index (χ4v) is 1.63. The molecule has 0 aliphatic carbocycles. The topological polar surface area (TPSA) is 38.7 Å². The summed E-state index contributed by atoms with van der Waals surface area (Å²) in [7, 11) is 0.0221. The summed E-state index contributed by atoms with van der Waals surface area (Å²) in [6.45, 7) is 5.47. The molecule has 0 bridgehead atoms. The Hall–Kier alpha value is -1.23. The Morgan fingerprint density at radius 2 is 2.06 bits per heavy atom. The van der Waals surface area contributed by atoms with Gasteiger partial charge in [-0.3, -0.25) is 0 Å². The van der Waals surface area contributed by atoms with Crippen molar-refractivity contribution in [3.63, 3.8) is 0 Å². The molecule has 0 unspecified atom stereocenters. The van der Waals surface area contributed by atoms with Crippen LogP contribution in [0.3, 0.4) is 0 Å². The summed E-state index contributed by atoms with van der Waals surface area (Å²) in [5.41, 5.74) is 0.477. The molecule has 0 spiro atoms. The van der Waals surface area contributed by atoms with Crippen LogP contribution in [0.2, 0.25) is 0 Å². The van der Waals surface area contributed by atoms with Crippen LogP contribution in [0.1, 0.15) is 26.3 Å². The molecular formula is C12H16FNO2S. The van der Waals surface area contributed by atoms with Crippen LogP contribution in [0.4, 0.5) is 4.39 Å². The molecule has 0 fully saturated rings. The number of hydrogen-bond acceptors (Lipinski definition) is 2. The smallest absolute Gasteiger partial charge is 0.165 e. The second kappa shape index (κ2) is 5.40. The van der Waals surface area contributed by atoms with E-state index in [0.29, 0.717) is 5.56 Å². The Morgan fingerprint density at radius 1 is 1.41 bits per heavy atom. The lowest BCUT2D eigenvalue weighted by molar-refractivity contribution is 0.386. The van der Waals surface area contributed by atoms with Crippen molar-refractivity contribution >= 4 is 17.2 Å². The minimum Gasteiger partial charge on any atom is -0.493 e. The maximum absolute atomic E-state index is 13.3. The number of hydrogen-bond donors (Lipinski definition) is 0. The highest BCUT2D eigenvalue weighted by Crippen LogP contribution is 2.21. The number of nitrogens with zero attached hydrogens (tertiary/aromatic N) is 1. The van der Waals surface area contributed by atoms with Crippen molar-refractivity contribution in [2.75, 3.05) is 7.11 Å². The lowest BCUT2D eigenvalue weighted by Gasteiger charge is -2.13. The van der Waals surface area contributed by atoms with E-state index in [1.807, 2.05) is 20.8 Å². The summed E-state index contributed by atoms with van der Waals surface area (Å²) < 4.78 is 33.5. The summed E-state index contributed by atoms with van der Waals surface area (Å²) in [6.07, 6.45) is 1.38. The Morgan fingerprint density at radius 3 is 2.59 bits per heavy atom. The van der Waals surface area contributed by atoms with Crippen molar-refractivity contribution in [1.82, 2.24) is 0 Å². The Labute approximate surface area is 103 Å². The quantitative estimate of drug-likeness (QED) is 0.781. The molecule has 0 aromatic heterocycles. The molecule has 0 aliphatic heterocycles. The van der Waals surface area contributed by atoms with Crippen LogP contribution >= 0.6 is 0 Å². The number of ether oxygens (including phenoxy) is 1. The first-order valence-electron chi connectivity index (χ1n) is 5.15. The van der Waals surface area contributed by atoms with Gasteiger partial charge in [-0.05, 0) is 32.9 Å². The van der Waals surface area contributed by atoms with E-state index in [1.54, 1.807) is 12.1 Å². The first kappa shape index (κ1) is 13.8. The Kier molecular flexibility index (Phi) is 4.40. The van der Waals surface area contributed by atoms with Gasteiger partial charge in [-0.25, -0.2) is 8.60 Å². The fourth-order valence-electron chi connectivity index (χ4n) is 1.11. The van der Waals surface area contributed by atoms with Gasteiger partial charge in [-0.1, -0.05) is 6.07 Å². The molecule has 94 valence electrons. The van der Waals surface area contributed by atoms with E-state index in [4.69, 9.17) is 4.74 Å². The predicted molar refractivity (Wildman–Crippen MR) is 68.4 cm³/mol. The molecule has 0 radical (unpaired) electrons. The zero-order chi connectivity index (χ0) is 13.1. The first-order valence-corrected chi connectivity index (χ1v) is 6.25.